The van der Waals surface area contributed by atoms with E-state index < -0.39 is 89.5 Å². The van der Waals surface area contributed by atoms with Crippen molar-refractivity contribution >= 4 is 62.7 Å². The molecular weight excluding hydrogens is 1210 g/mol. The minimum absolute atomic E-state index is 0.0193. The van der Waals surface area contributed by atoms with Crippen molar-refractivity contribution in [2.24, 2.45) is 35.5 Å². The summed E-state index contributed by atoms with van der Waals surface area (Å²) in [4.78, 5) is 83.3. The first-order valence-corrected chi connectivity index (χ1v) is 32.3. The Labute approximate surface area is 536 Å². The van der Waals surface area contributed by atoms with E-state index >= 15 is 0 Å². The van der Waals surface area contributed by atoms with Crippen LogP contribution in [0.3, 0.4) is 0 Å². The number of benzene rings is 2. The van der Waals surface area contributed by atoms with Gasteiger partial charge in [-0.05, 0) is 164 Å². The number of Topliss-reactive ketones (excluding diaryl/α,β-unsaturated/α-hetero) is 3. The molecule has 2 aromatic carbocycles. The Bertz CT molecular complexity index is 2680. The number of methoxy groups -OCH3 is 3. The number of hydrogen-bond acceptors (Lipinski definition) is 16. The summed E-state index contributed by atoms with van der Waals surface area (Å²) >= 11 is 9.06. The third kappa shape index (κ3) is 22.8. The summed E-state index contributed by atoms with van der Waals surface area (Å²) in [5.74, 6) is -7.76. The second kappa shape index (κ2) is 36.8. The zero-order valence-electron chi connectivity index (χ0n) is 54.0. The molecule has 1 saturated carbocycles. The summed E-state index contributed by atoms with van der Waals surface area (Å²) in [5.41, 5.74) is 0.270. The van der Waals surface area contributed by atoms with Crippen LogP contribution in [-0.2, 0) is 57.2 Å². The van der Waals surface area contributed by atoms with Crippen LogP contribution >= 0.6 is 27.5 Å². The largest absolute Gasteiger partial charge is 0.476 e. The van der Waals surface area contributed by atoms with Gasteiger partial charge in [0.25, 0.3) is 11.7 Å². The summed E-state index contributed by atoms with van der Waals surface area (Å²) in [7, 11) is 4.52. The Kier molecular flexibility index (Phi) is 31.6. The Morgan fingerprint density at radius 2 is 1.52 bits per heavy atom. The highest BCUT2D eigenvalue weighted by Gasteiger charge is 2.53. The van der Waals surface area contributed by atoms with Gasteiger partial charge in [-0.1, -0.05) is 117 Å². The molecule has 3 heterocycles. The maximum absolute atomic E-state index is 14.4. The number of rotatable bonds is 10. The smallest absolute Gasteiger partial charge is 0.349 e. The number of aliphatic hydroxyl groups is 3. The van der Waals surface area contributed by atoms with Gasteiger partial charge in [0.15, 0.2) is 11.4 Å². The van der Waals surface area contributed by atoms with Crippen LogP contribution in [0.2, 0.25) is 5.02 Å². The number of aliphatic hydroxyl groups excluding tert-OH is 2. The van der Waals surface area contributed by atoms with Gasteiger partial charge in [0.05, 0.1) is 31.0 Å². The number of esters is 2. The fourth-order valence-electron chi connectivity index (χ4n) is 11.7. The van der Waals surface area contributed by atoms with Crippen LogP contribution in [-0.4, -0.2) is 150 Å². The van der Waals surface area contributed by atoms with Crippen LogP contribution in [0, 0.1) is 35.5 Å². The molecule has 3 N–H and O–H groups in total. The number of cyclic esters (lactones) is 1. The maximum atomic E-state index is 14.4. The van der Waals surface area contributed by atoms with Crippen molar-refractivity contribution in [2.45, 2.75) is 206 Å². The lowest BCUT2D eigenvalue weighted by Crippen LogP contribution is -2.61. The number of nitrogens with zero attached hydrogens (tertiary/aromatic N) is 1. The molecule has 3 aliphatic heterocycles. The second-order valence-corrected chi connectivity index (χ2v) is 26.0. The van der Waals surface area contributed by atoms with Gasteiger partial charge in [-0.3, -0.25) is 19.2 Å². The number of hydrogen-bond donors (Lipinski definition) is 3. The Balaban J connectivity index is 0.000000594. The average Bonchev–Trinajstić information content (AvgIpc) is 0.912. The molecule has 4 aliphatic rings. The molecule has 0 unspecified atom stereocenters. The first-order chi connectivity index (χ1) is 41.6. The second-order valence-electron chi connectivity index (χ2n) is 24.7. The molecule has 6 rings (SSSR count). The fourth-order valence-corrected chi connectivity index (χ4v) is 12.1. The van der Waals surface area contributed by atoms with Gasteiger partial charge in [0.1, 0.15) is 35.9 Å². The fraction of sp³-hybridized carbons (Fsp3) is 0.623. The predicted molar refractivity (Wildman–Crippen MR) is 342 cm³/mol. The molecule has 1 amide bonds. The van der Waals surface area contributed by atoms with E-state index in [1.807, 2.05) is 88.4 Å². The zero-order chi connectivity index (χ0) is 65.5. The quantitative estimate of drug-likeness (QED) is 0.114. The molecule has 3 fully saturated rings. The van der Waals surface area contributed by atoms with Gasteiger partial charge in [-0.2, -0.15) is 0 Å². The van der Waals surface area contributed by atoms with E-state index in [0.717, 1.165) is 16.5 Å². The molecule has 2 saturated heterocycles. The normalized spacial score (nSPS) is 32.5. The third-order valence-corrected chi connectivity index (χ3v) is 17.9. The SMILES string of the molecule is Brc1ccccc1.CCOC(=O)C(C)(C)Oc1ccc(Cl)cc1.CO[C@H]1C[C@@H]2CC[C@@H](C)[C@@](O)(O2)C(=O)C(=O)N2CCCC[C@H]2C(=O)O[C@H]([C@H](C)C[C@@H]2CC[C@@H](O)[C@H](OC)C2)CC(=O)[C@H](C)/C=C(\C)[C@@H](O)[C@@H](OC)C(=O)[C@H](C)C[C@H](C)/C=C/C=C/C=C/1C. The summed E-state index contributed by atoms with van der Waals surface area (Å²) in [6.45, 7) is 18.2. The monoisotopic (exact) mass is 1310 g/mol. The molecular formula is C69H99BrClNO16. The molecule has 2 aromatic rings. The molecule has 19 heteroatoms. The van der Waals surface area contributed by atoms with Crippen LogP contribution in [0.1, 0.15) is 146 Å². The summed E-state index contributed by atoms with van der Waals surface area (Å²) in [6, 6.07) is 15.7. The molecule has 15 atom stereocenters. The van der Waals surface area contributed by atoms with Crippen LogP contribution in [0.15, 0.2) is 107 Å². The van der Waals surface area contributed by atoms with Crippen molar-refractivity contribution in [1.82, 2.24) is 4.90 Å². The molecule has 1 aliphatic carbocycles. The van der Waals surface area contributed by atoms with Crippen LogP contribution in [0.5, 0.6) is 5.75 Å². The van der Waals surface area contributed by atoms with Crippen molar-refractivity contribution in [3.05, 3.63) is 112 Å². The number of ketones is 3. The van der Waals surface area contributed by atoms with Gasteiger partial charge in [0, 0.05) is 68.0 Å². The van der Waals surface area contributed by atoms with Gasteiger partial charge < -0.3 is 53.4 Å². The number of carbonyl (C=O) groups is 6. The molecule has 0 radical (unpaired) electrons. The predicted octanol–water partition coefficient (Wildman–Crippen LogP) is 11.7. The minimum Gasteiger partial charge on any atom is -0.476 e. The van der Waals surface area contributed by atoms with Crippen LogP contribution < -0.4 is 4.74 Å². The summed E-state index contributed by atoms with van der Waals surface area (Å²) in [5, 5.41) is 34.5. The lowest BCUT2D eigenvalue weighted by molar-refractivity contribution is -0.265. The summed E-state index contributed by atoms with van der Waals surface area (Å²) in [6.07, 6.45) is 11.2. The van der Waals surface area contributed by atoms with E-state index in [-0.39, 0.29) is 60.8 Å². The number of carbonyl (C=O) groups excluding carboxylic acids is 6. The molecule has 17 nitrogen and oxygen atoms in total. The molecule has 88 heavy (non-hydrogen) atoms. The van der Waals surface area contributed by atoms with E-state index in [9.17, 15) is 44.1 Å². The number of fused-ring (bicyclic) bond motifs is 3. The number of ether oxygens (including phenoxy) is 7. The highest BCUT2D eigenvalue weighted by molar-refractivity contribution is 9.10. The molecule has 2 bridgehead atoms. The maximum Gasteiger partial charge on any atom is 0.349 e. The van der Waals surface area contributed by atoms with Crippen LogP contribution in [0.4, 0.5) is 0 Å². The highest BCUT2D eigenvalue weighted by atomic mass is 79.9. The highest BCUT2D eigenvalue weighted by Crippen LogP contribution is 2.38. The van der Waals surface area contributed by atoms with E-state index in [0.29, 0.717) is 80.7 Å². The van der Waals surface area contributed by atoms with Crippen molar-refractivity contribution < 1.29 is 77.2 Å². The Morgan fingerprint density at radius 3 is 2.14 bits per heavy atom. The van der Waals surface area contributed by atoms with Crippen molar-refractivity contribution in [3.63, 3.8) is 0 Å². The lowest BCUT2D eigenvalue weighted by atomic mass is 9.78. The lowest BCUT2D eigenvalue weighted by Gasteiger charge is -2.42. The number of piperidine rings is 1. The van der Waals surface area contributed by atoms with Gasteiger partial charge in [-0.15, -0.1) is 0 Å². The molecule has 0 aromatic heterocycles. The topological polar surface area (TPSA) is 231 Å². The minimum atomic E-state index is -2.43. The van der Waals surface area contributed by atoms with Gasteiger partial charge in [-0.25, -0.2) is 9.59 Å². The first kappa shape index (κ1) is 75.6. The third-order valence-electron chi connectivity index (χ3n) is 17.2. The van der Waals surface area contributed by atoms with E-state index in [1.54, 1.807) is 86.1 Å². The first-order valence-electron chi connectivity index (χ1n) is 31.1. The van der Waals surface area contributed by atoms with Crippen molar-refractivity contribution in [1.29, 1.82) is 0 Å². The summed E-state index contributed by atoms with van der Waals surface area (Å²) < 4.78 is 40.9. The van der Waals surface area contributed by atoms with E-state index in [4.69, 9.17) is 44.8 Å². The molecule has 0 spiro atoms. The van der Waals surface area contributed by atoms with Crippen LogP contribution in [0.25, 0.3) is 0 Å². The Morgan fingerprint density at radius 1 is 0.841 bits per heavy atom. The number of amides is 1. The molecule has 490 valence electrons. The number of allylic oxidation sites excluding steroid dienone is 6. The van der Waals surface area contributed by atoms with E-state index in [2.05, 4.69) is 15.9 Å². The standard InChI is InChI=1S/C51H79NO13.C12H15ClO3.C6H5Br/c1-30-16-12-11-13-17-31(2)42(61-8)28-38-21-19-36(7)51(60,65-38)48(57)49(58)52-23-15-14-18-39(52)50(59)64-43(33(4)26-37-20-22-40(53)44(27-37)62-9)29-41(54)32(3)25-35(6)46(56)47(63-10)45(55)34(5)24-30;1-4-15-11(14)12(2,3)16-10-7-5-9(13)6-8-10;7-6-4-2-1-3-5-6/h11-13,16-17,25,30,32-34,36-40,42-44,46-47,53,56,60H,14-15,18-24,26-29H2,1-10H3;5-8H,4H2,1-3H3;1-5H/b13-11+,16-12+,31-17+,35-25+;;/t30-,32-,33-,34-,36-,37+,38+,39+,40-,42+,43+,44-,46-,47+,51-;;/m1../s1. The Hall–Kier alpha value is -4.89. The van der Waals surface area contributed by atoms with Crippen molar-refractivity contribution in [2.75, 3.05) is 34.5 Å². The van der Waals surface area contributed by atoms with Crippen molar-refractivity contribution in [3.8, 4) is 5.75 Å². The van der Waals surface area contributed by atoms with Gasteiger partial charge in [0.2, 0.25) is 5.79 Å². The van der Waals surface area contributed by atoms with E-state index in [1.165, 1.54) is 12.0 Å². The zero-order valence-corrected chi connectivity index (χ0v) is 56.3. The van der Waals surface area contributed by atoms with Gasteiger partial charge >= 0.3 is 11.9 Å². The number of halogens is 2. The average molecular weight is 1310 g/mol.